The maximum absolute atomic E-state index is 12.7. The molecule has 0 fully saturated rings. The summed E-state index contributed by atoms with van der Waals surface area (Å²) < 4.78 is 0. The van der Waals surface area contributed by atoms with E-state index in [1.807, 2.05) is 37.3 Å². The van der Waals surface area contributed by atoms with Gasteiger partial charge in [0.1, 0.15) is 5.69 Å². The molecule has 23 heavy (non-hydrogen) atoms. The molecule has 0 aliphatic heterocycles. The molecule has 0 spiro atoms. The number of rotatable bonds is 8. The summed E-state index contributed by atoms with van der Waals surface area (Å²) in [5.74, 6) is 0.442. The number of hydrogen-bond acceptors (Lipinski definition) is 4. The van der Waals surface area contributed by atoms with Crippen molar-refractivity contribution in [3.63, 3.8) is 0 Å². The molecule has 0 bridgehead atoms. The molecule has 0 radical (unpaired) electrons. The van der Waals surface area contributed by atoms with Gasteiger partial charge in [0.05, 0.1) is 0 Å². The van der Waals surface area contributed by atoms with Crippen LogP contribution in [0.5, 0.6) is 0 Å². The summed E-state index contributed by atoms with van der Waals surface area (Å²) >= 11 is 0. The van der Waals surface area contributed by atoms with Gasteiger partial charge < -0.3 is 10.2 Å². The highest BCUT2D eigenvalue weighted by Gasteiger charge is 2.16. The van der Waals surface area contributed by atoms with Crippen LogP contribution >= 0.6 is 0 Å². The molecule has 0 aliphatic carbocycles. The Balaban J connectivity index is 2.06. The molecule has 1 heterocycles. The highest BCUT2D eigenvalue weighted by Crippen LogP contribution is 2.09. The van der Waals surface area contributed by atoms with Crippen LogP contribution in [-0.2, 0) is 6.54 Å². The zero-order valence-corrected chi connectivity index (χ0v) is 13.8. The van der Waals surface area contributed by atoms with Gasteiger partial charge >= 0.3 is 0 Å². The van der Waals surface area contributed by atoms with E-state index < -0.39 is 0 Å². The Morgan fingerprint density at radius 3 is 2.65 bits per heavy atom. The number of benzene rings is 1. The molecule has 0 saturated heterocycles. The molecule has 1 aromatic carbocycles. The molecule has 0 unspecified atom stereocenters. The van der Waals surface area contributed by atoms with Crippen molar-refractivity contribution in [2.45, 2.75) is 33.2 Å². The van der Waals surface area contributed by atoms with E-state index in [0.29, 0.717) is 24.7 Å². The number of nitrogens with one attached hydrogen (secondary N) is 1. The minimum absolute atomic E-state index is 0.0719. The lowest BCUT2D eigenvalue weighted by molar-refractivity contribution is 0.0746. The van der Waals surface area contributed by atoms with Gasteiger partial charge in [0.25, 0.3) is 5.91 Å². The van der Waals surface area contributed by atoms with Crippen molar-refractivity contribution in [2.24, 2.45) is 0 Å². The summed E-state index contributed by atoms with van der Waals surface area (Å²) in [5, 5.41) is 3.15. The largest absolute Gasteiger partial charge is 0.354 e. The lowest BCUT2D eigenvalue weighted by Gasteiger charge is -2.20. The van der Waals surface area contributed by atoms with Crippen molar-refractivity contribution < 1.29 is 4.79 Å². The minimum Gasteiger partial charge on any atom is -0.354 e. The van der Waals surface area contributed by atoms with Crippen LogP contribution in [0.15, 0.2) is 42.6 Å². The van der Waals surface area contributed by atoms with E-state index in [2.05, 4.69) is 22.2 Å². The van der Waals surface area contributed by atoms with Crippen LogP contribution < -0.4 is 5.32 Å². The third kappa shape index (κ3) is 5.06. The number of amides is 1. The minimum atomic E-state index is -0.0719. The van der Waals surface area contributed by atoms with Gasteiger partial charge in [0.2, 0.25) is 5.95 Å². The molecular weight excluding hydrogens is 288 g/mol. The van der Waals surface area contributed by atoms with Crippen molar-refractivity contribution in [1.29, 1.82) is 0 Å². The Hall–Kier alpha value is -2.43. The Morgan fingerprint density at radius 2 is 1.96 bits per heavy atom. The van der Waals surface area contributed by atoms with Crippen molar-refractivity contribution in [2.75, 3.05) is 18.4 Å². The van der Waals surface area contributed by atoms with Gasteiger partial charge in [-0.05, 0) is 25.0 Å². The standard InChI is InChI=1S/C18H24N4O/c1-3-5-12-19-18-20-13-11-16(21-18)17(23)22(4-2)14-15-9-7-6-8-10-15/h6-11,13H,3-5,12,14H2,1-2H3,(H,19,20,21). The van der Waals surface area contributed by atoms with Crippen LogP contribution in [0, 0.1) is 0 Å². The van der Waals surface area contributed by atoms with E-state index in [1.165, 1.54) is 0 Å². The summed E-state index contributed by atoms with van der Waals surface area (Å²) in [4.78, 5) is 23.0. The zero-order valence-electron chi connectivity index (χ0n) is 13.8. The lowest BCUT2D eigenvalue weighted by atomic mass is 10.2. The molecule has 2 aromatic rings. The maximum Gasteiger partial charge on any atom is 0.272 e. The lowest BCUT2D eigenvalue weighted by Crippen LogP contribution is -2.31. The van der Waals surface area contributed by atoms with Gasteiger partial charge in [-0.1, -0.05) is 43.7 Å². The summed E-state index contributed by atoms with van der Waals surface area (Å²) in [7, 11) is 0. The normalized spacial score (nSPS) is 10.3. The molecule has 1 aromatic heterocycles. The van der Waals surface area contributed by atoms with Gasteiger partial charge in [-0.15, -0.1) is 0 Å². The van der Waals surface area contributed by atoms with E-state index in [9.17, 15) is 4.79 Å². The second-order valence-electron chi connectivity index (χ2n) is 5.35. The van der Waals surface area contributed by atoms with E-state index in [4.69, 9.17) is 0 Å². The first-order chi connectivity index (χ1) is 11.2. The van der Waals surface area contributed by atoms with Crippen molar-refractivity contribution >= 4 is 11.9 Å². The third-order valence-electron chi connectivity index (χ3n) is 3.57. The predicted molar refractivity (Wildman–Crippen MR) is 92.3 cm³/mol. The first-order valence-electron chi connectivity index (χ1n) is 8.14. The van der Waals surface area contributed by atoms with Crippen LogP contribution in [0.1, 0.15) is 42.7 Å². The summed E-state index contributed by atoms with van der Waals surface area (Å²) in [5.41, 5.74) is 1.54. The second kappa shape index (κ2) is 8.88. The summed E-state index contributed by atoms with van der Waals surface area (Å²) in [6.07, 6.45) is 3.79. The van der Waals surface area contributed by atoms with Gasteiger partial charge in [-0.2, -0.15) is 0 Å². The monoisotopic (exact) mass is 312 g/mol. The summed E-state index contributed by atoms with van der Waals surface area (Å²) in [6, 6.07) is 11.6. The van der Waals surface area contributed by atoms with Crippen molar-refractivity contribution in [3.8, 4) is 0 Å². The van der Waals surface area contributed by atoms with Gasteiger partial charge in [-0.25, -0.2) is 9.97 Å². The van der Waals surface area contributed by atoms with Crippen LogP contribution in [0.3, 0.4) is 0 Å². The average Bonchev–Trinajstić information content (AvgIpc) is 2.60. The Morgan fingerprint density at radius 1 is 1.17 bits per heavy atom. The molecule has 1 N–H and O–H groups in total. The Kier molecular flexibility index (Phi) is 6.54. The molecule has 5 heteroatoms. The number of hydrogen-bond donors (Lipinski definition) is 1. The van der Waals surface area contributed by atoms with Crippen molar-refractivity contribution in [3.05, 3.63) is 53.9 Å². The van der Waals surface area contributed by atoms with E-state index >= 15 is 0 Å². The zero-order chi connectivity index (χ0) is 16.5. The first kappa shape index (κ1) is 16.9. The Bertz CT molecular complexity index is 615. The van der Waals surface area contributed by atoms with Gasteiger partial charge in [0.15, 0.2) is 0 Å². The first-order valence-corrected chi connectivity index (χ1v) is 8.14. The fourth-order valence-corrected chi connectivity index (χ4v) is 2.23. The molecule has 0 atom stereocenters. The molecular formula is C18H24N4O. The predicted octanol–water partition coefficient (Wildman–Crippen LogP) is 3.35. The van der Waals surface area contributed by atoms with Gasteiger partial charge in [-0.3, -0.25) is 4.79 Å². The fourth-order valence-electron chi connectivity index (χ4n) is 2.23. The molecule has 0 saturated carbocycles. The number of nitrogens with zero attached hydrogens (tertiary/aromatic N) is 3. The third-order valence-corrected chi connectivity index (χ3v) is 3.57. The van der Waals surface area contributed by atoms with Crippen LogP contribution in [-0.4, -0.2) is 33.9 Å². The molecule has 0 aliphatic rings. The average molecular weight is 312 g/mol. The second-order valence-corrected chi connectivity index (χ2v) is 5.35. The molecule has 1 amide bonds. The number of aromatic nitrogens is 2. The molecule has 2 rings (SSSR count). The number of anilines is 1. The number of unbranched alkanes of at least 4 members (excludes halogenated alkanes) is 1. The highest BCUT2D eigenvalue weighted by atomic mass is 16.2. The number of carbonyl (C=O) groups is 1. The van der Waals surface area contributed by atoms with Crippen LogP contribution in [0.25, 0.3) is 0 Å². The molecule has 5 nitrogen and oxygen atoms in total. The van der Waals surface area contributed by atoms with Gasteiger partial charge in [0, 0.05) is 25.8 Å². The fraction of sp³-hybridized carbons (Fsp3) is 0.389. The maximum atomic E-state index is 12.7. The molecule has 122 valence electrons. The summed E-state index contributed by atoms with van der Waals surface area (Å²) in [6.45, 7) is 6.14. The SMILES string of the molecule is CCCCNc1nccc(C(=O)N(CC)Cc2ccccc2)n1. The van der Waals surface area contributed by atoms with E-state index in [1.54, 1.807) is 17.2 Å². The smallest absolute Gasteiger partial charge is 0.272 e. The topological polar surface area (TPSA) is 58.1 Å². The number of carbonyl (C=O) groups excluding carboxylic acids is 1. The van der Waals surface area contributed by atoms with E-state index in [-0.39, 0.29) is 5.91 Å². The quantitative estimate of drug-likeness (QED) is 0.759. The Labute approximate surface area is 137 Å². The van der Waals surface area contributed by atoms with E-state index in [0.717, 1.165) is 24.9 Å². The van der Waals surface area contributed by atoms with Crippen LogP contribution in [0.4, 0.5) is 5.95 Å². The van der Waals surface area contributed by atoms with Crippen LogP contribution in [0.2, 0.25) is 0 Å². The van der Waals surface area contributed by atoms with Crippen molar-refractivity contribution in [1.82, 2.24) is 14.9 Å². The highest BCUT2D eigenvalue weighted by molar-refractivity contribution is 5.92.